The van der Waals surface area contributed by atoms with E-state index < -0.39 is 0 Å². The van der Waals surface area contributed by atoms with Gasteiger partial charge in [-0.2, -0.15) is 0 Å². The first-order chi connectivity index (χ1) is 10.2. The number of rotatable bonds is 3. The molecule has 21 heavy (non-hydrogen) atoms. The molecular formula is C17H24ClN2O+. The molecule has 1 aliphatic heterocycles. The van der Waals surface area contributed by atoms with Crippen molar-refractivity contribution in [2.24, 2.45) is 5.92 Å². The van der Waals surface area contributed by atoms with Crippen LogP contribution >= 0.6 is 11.6 Å². The fraction of sp³-hybridized carbons (Fsp3) is 0.588. The summed E-state index contributed by atoms with van der Waals surface area (Å²) < 4.78 is 0. The van der Waals surface area contributed by atoms with Gasteiger partial charge in [0.1, 0.15) is 0 Å². The van der Waals surface area contributed by atoms with Crippen LogP contribution in [0.3, 0.4) is 0 Å². The molecule has 1 aliphatic carbocycles. The number of carbonyl (C=O) groups excluding carboxylic acids is 1. The molecule has 3 rings (SSSR count). The first kappa shape index (κ1) is 14.9. The summed E-state index contributed by atoms with van der Waals surface area (Å²) in [5.41, 5.74) is 0.795. The second-order valence-electron chi connectivity index (χ2n) is 6.44. The van der Waals surface area contributed by atoms with Crippen LogP contribution in [-0.2, 0) is 4.79 Å². The van der Waals surface area contributed by atoms with Gasteiger partial charge in [-0.3, -0.25) is 4.79 Å². The highest BCUT2D eigenvalue weighted by atomic mass is 35.5. The molecule has 1 amide bonds. The predicted octanol–water partition coefficient (Wildman–Crippen LogP) is 2.52. The number of hydrogen-bond acceptors (Lipinski definition) is 1. The number of quaternary nitrogens is 1. The monoisotopic (exact) mass is 307 g/mol. The minimum atomic E-state index is 0.110. The number of carbonyl (C=O) groups is 1. The van der Waals surface area contributed by atoms with Crippen LogP contribution in [0.4, 0.5) is 5.69 Å². The van der Waals surface area contributed by atoms with Crippen LogP contribution in [0.1, 0.15) is 38.5 Å². The molecule has 2 fully saturated rings. The van der Waals surface area contributed by atoms with Crippen LogP contribution in [0.25, 0.3) is 0 Å². The van der Waals surface area contributed by atoms with Crippen LogP contribution < -0.4 is 10.2 Å². The Kier molecular flexibility index (Phi) is 4.81. The van der Waals surface area contributed by atoms with E-state index in [-0.39, 0.29) is 5.91 Å². The van der Waals surface area contributed by atoms with E-state index in [1.807, 2.05) is 18.2 Å². The lowest BCUT2D eigenvalue weighted by Crippen LogP contribution is -3.18. The van der Waals surface area contributed by atoms with E-state index in [0.717, 1.165) is 18.2 Å². The van der Waals surface area contributed by atoms with Crippen molar-refractivity contribution in [3.8, 4) is 0 Å². The molecule has 0 aromatic heterocycles. The van der Waals surface area contributed by atoms with Gasteiger partial charge in [0, 0.05) is 16.6 Å². The predicted molar refractivity (Wildman–Crippen MR) is 85.8 cm³/mol. The molecule has 0 bridgehead atoms. The number of hydrogen-bond donors (Lipinski definition) is 2. The van der Waals surface area contributed by atoms with E-state index in [1.165, 1.54) is 43.4 Å². The maximum absolute atomic E-state index is 12.3. The molecule has 0 spiro atoms. The highest BCUT2D eigenvalue weighted by molar-refractivity contribution is 6.30. The standard InChI is InChI=1S/C17H23ClN2O/c18-14-7-3-8-15(11-14)19-17(21)12-20-10-4-6-13-5-1-2-9-16(13)20/h3,7-8,11,13,16H,1-2,4-6,9-10,12H2,(H,19,21)/p+1/t13-,16+/m1/s1. The molecule has 1 saturated carbocycles. The van der Waals surface area contributed by atoms with E-state index in [2.05, 4.69) is 5.32 Å². The minimum absolute atomic E-state index is 0.110. The fourth-order valence-corrected chi connectivity index (χ4v) is 4.25. The van der Waals surface area contributed by atoms with Gasteiger partial charge in [0.15, 0.2) is 6.54 Å². The second-order valence-corrected chi connectivity index (χ2v) is 6.87. The Morgan fingerprint density at radius 1 is 1.24 bits per heavy atom. The van der Waals surface area contributed by atoms with Gasteiger partial charge in [0.05, 0.1) is 12.6 Å². The summed E-state index contributed by atoms with van der Waals surface area (Å²) in [4.78, 5) is 13.8. The van der Waals surface area contributed by atoms with Gasteiger partial charge in [0.2, 0.25) is 0 Å². The number of nitrogens with one attached hydrogen (secondary N) is 2. The van der Waals surface area contributed by atoms with Gasteiger partial charge in [-0.1, -0.05) is 24.1 Å². The quantitative estimate of drug-likeness (QED) is 0.884. The van der Waals surface area contributed by atoms with Crippen LogP contribution in [0.15, 0.2) is 24.3 Å². The Morgan fingerprint density at radius 3 is 2.90 bits per heavy atom. The summed E-state index contributed by atoms with van der Waals surface area (Å²) in [5.74, 6) is 0.958. The van der Waals surface area contributed by atoms with E-state index in [0.29, 0.717) is 17.6 Å². The van der Waals surface area contributed by atoms with Gasteiger partial charge in [-0.05, 0) is 50.3 Å². The van der Waals surface area contributed by atoms with Crippen molar-refractivity contribution in [3.05, 3.63) is 29.3 Å². The average Bonchev–Trinajstić information content (AvgIpc) is 2.47. The Morgan fingerprint density at radius 2 is 2.05 bits per heavy atom. The number of fused-ring (bicyclic) bond motifs is 1. The van der Waals surface area contributed by atoms with Crippen molar-refractivity contribution in [2.45, 2.75) is 44.6 Å². The molecule has 0 radical (unpaired) electrons. The van der Waals surface area contributed by atoms with E-state index in [9.17, 15) is 4.79 Å². The molecule has 1 unspecified atom stereocenters. The maximum Gasteiger partial charge on any atom is 0.279 e. The number of benzene rings is 1. The van der Waals surface area contributed by atoms with E-state index in [1.54, 1.807) is 6.07 Å². The van der Waals surface area contributed by atoms with Gasteiger partial charge < -0.3 is 10.2 Å². The van der Waals surface area contributed by atoms with Crippen molar-refractivity contribution in [1.82, 2.24) is 0 Å². The van der Waals surface area contributed by atoms with Crippen molar-refractivity contribution in [1.29, 1.82) is 0 Å². The first-order valence-corrected chi connectivity index (χ1v) is 8.50. The van der Waals surface area contributed by atoms with Crippen molar-refractivity contribution < 1.29 is 9.69 Å². The van der Waals surface area contributed by atoms with Gasteiger partial charge in [-0.25, -0.2) is 0 Å². The Labute approximate surface area is 131 Å². The van der Waals surface area contributed by atoms with Gasteiger partial charge in [-0.15, -0.1) is 0 Å². The summed E-state index contributed by atoms with van der Waals surface area (Å²) >= 11 is 5.95. The largest absolute Gasteiger partial charge is 0.324 e. The molecular weight excluding hydrogens is 284 g/mol. The lowest BCUT2D eigenvalue weighted by atomic mass is 9.78. The number of likely N-dealkylation sites (tertiary alicyclic amines) is 1. The molecule has 3 nitrogen and oxygen atoms in total. The molecule has 1 saturated heterocycles. The third kappa shape index (κ3) is 3.78. The topological polar surface area (TPSA) is 33.5 Å². The SMILES string of the molecule is O=C(C[NH+]1CCC[C@H]2CCCC[C@@H]21)Nc1cccc(Cl)c1. The summed E-state index contributed by atoms with van der Waals surface area (Å²) in [6.07, 6.45) is 8.00. The molecule has 4 heteroatoms. The fourth-order valence-electron chi connectivity index (χ4n) is 4.06. The zero-order valence-corrected chi connectivity index (χ0v) is 13.2. The zero-order valence-electron chi connectivity index (χ0n) is 12.4. The van der Waals surface area contributed by atoms with Crippen molar-refractivity contribution in [3.63, 3.8) is 0 Å². The molecule has 1 aromatic rings. The Balaban J connectivity index is 1.58. The van der Waals surface area contributed by atoms with Crippen LogP contribution in [0, 0.1) is 5.92 Å². The molecule has 3 atom stereocenters. The van der Waals surface area contributed by atoms with Gasteiger partial charge in [0.25, 0.3) is 5.91 Å². The summed E-state index contributed by atoms with van der Waals surface area (Å²) in [6.45, 7) is 1.73. The second kappa shape index (κ2) is 6.80. The third-order valence-corrected chi connectivity index (χ3v) is 5.24. The molecule has 2 aliphatic rings. The number of amides is 1. The first-order valence-electron chi connectivity index (χ1n) is 8.12. The molecule has 1 heterocycles. The Bertz CT molecular complexity index is 503. The van der Waals surface area contributed by atoms with Crippen LogP contribution in [0.5, 0.6) is 0 Å². The number of anilines is 1. The van der Waals surface area contributed by atoms with Gasteiger partial charge >= 0.3 is 0 Å². The molecule has 2 N–H and O–H groups in total. The average molecular weight is 308 g/mol. The zero-order chi connectivity index (χ0) is 14.7. The van der Waals surface area contributed by atoms with Crippen molar-refractivity contribution >= 4 is 23.2 Å². The summed E-state index contributed by atoms with van der Waals surface area (Å²) in [7, 11) is 0. The number of piperidine rings is 1. The summed E-state index contributed by atoms with van der Waals surface area (Å²) in [5, 5.41) is 3.64. The van der Waals surface area contributed by atoms with Crippen molar-refractivity contribution in [2.75, 3.05) is 18.4 Å². The highest BCUT2D eigenvalue weighted by Gasteiger charge is 2.37. The lowest BCUT2D eigenvalue weighted by molar-refractivity contribution is -0.928. The highest BCUT2D eigenvalue weighted by Crippen LogP contribution is 2.28. The minimum Gasteiger partial charge on any atom is -0.324 e. The normalized spacial score (nSPS) is 28.7. The summed E-state index contributed by atoms with van der Waals surface area (Å²) in [6, 6.07) is 8.08. The smallest absolute Gasteiger partial charge is 0.279 e. The van der Waals surface area contributed by atoms with E-state index >= 15 is 0 Å². The van der Waals surface area contributed by atoms with Crippen LogP contribution in [0.2, 0.25) is 5.02 Å². The lowest BCUT2D eigenvalue weighted by Gasteiger charge is -2.40. The molecule has 114 valence electrons. The molecule has 1 aromatic carbocycles. The van der Waals surface area contributed by atoms with Crippen LogP contribution in [-0.4, -0.2) is 25.0 Å². The number of halogens is 1. The van der Waals surface area contributed by atoms with E-state index in [4.69, 9.17) is 11.6 Å². The maximum atomic E-state index is 12.3. The Hall–Kier alpha value is -1.06. The third-order valence-electron chi connectivity index (χ3n) is 5.00.